The van der Waals surface area contributed by atoms with Crippen LogP contribution in [0.25, 0.3) is 0 Å². The summed E-state index contributed by atoms with van der Waals surface area (Å²) < 4.78 is 5.83. The topological polar surface area (TPSA) is 70.9 Å². The molecule has 0 saturated carbocycles. The Bertz CT molecular complexity index is 664. The number of aromatic hydroxyl groups is 1. The zero-order chi connectivity index (χ0) is 15.9. The number of carbonyl (C=O) groups is 1. The first-order valence-corrected chi connectivity index (χ1v) is 7.60. The van der Waals surface area contributed by atoms with Crippen molar-refractivity contribution >= 4 is 34.7 Å². The van der Waals surface area contributed by atoms with Crippen molar-refractivity contribution in [1.29, 1.82) is 0 Å². The molecule has 2 aromatic rings. The number of rotatable bonds is 5. The van der Waals surface area contributed by atoms with Gasteiger partial charge in [-0.2, -0.15) is 5.10 Å². The number of carbonyl (C=O) groups excluding carboxylic acids is 1. The van der Waals surface area contributed by atoms with Gasteiger partial charge in [-0.3, -0.25) is 4.79 Å². The molecule has 0 aromatic heterocycles. The van der Waals surface area contributed by atoms with E-state index in [4.69, 9.17) is 4.74 Å². The fraction of sp³-hybridized carbons (Fsp3) is 0.125. The first kappa shape index (κ1) is 16.3. The van der Waals surface area contributed by atoms with Crippen molar-refractivity contribution in [2.45, 2.75) is 6.42 Å². The van der Waals surface area contributed by atoms with Gasteiger partial charge in [-0.1, -0.05) is 30.3 Å². The monoisotopic (exact) mass is 410 g/mol. The van der Waals surface area contributed by atoms with Gasteiger partial charge in [0.15, 0.2) is 11.5 Å². The van der Waals surface area contributed by atoms with Crippen molar-refractivity contribution in [3.05, 3.63) is 57.2 Å². The normalized spacial score (nSPS) is 10.6. The molecule has 0 fully saturated rings. The van der Waals surface area contributed by atoms with Crippen LogP contribution >= 0.6 is 22.6 Å². The number of nitrogens with one attached hydrogen (secondary N) is 1. The van der Waals surface area contributed by atoms with Crippen LogP contribution in [0.15, 0.2) is 47.6 Å². The first-order valence-electron chi connectivity index (χ1n) is 6.52. The highest BCUT2D eigenvalue weighted by molar-refractivity contribution is 14.1. The summed E-state index contributed by atoms with van der Waals surface area (Å²) in [6.07, 6.45) is 1.74. The molecule has 0 bridgehead atoms. The Morgan fingerprint density at radius 3 is 2.73 bits per heavy atom. The number of ether oxygens (including phenoxy) is 1. The Kier molecular flexibility index (Phi) is 5.76. The molecule has 0 saturated heterocycles. The first-order chi connectivity index (χ1) is 10.6. The molecule has 0 spiro atoms. The molecule has 0 aliphatic heterocycles. The van der Waals surface area contributed by atoms with Gasteiger partial charge in [0.2, 0.25) is 5.91 Å². The summed E-state index contributed by atoms with van der Waals surface area (Å²) in [6.45, 7) is 0. The Labute approximate surface area is 142 Å². The molecule has 2 N–H and O–H groups in total. The number of halogens is 1. The molecule has 2 aromatic carbocycles. The summed E-state index contributed by atoms with van der Waals surface area (Å²) in [6, 6.07) is 12.7. The standard InChI is InChI=1S/C16H15IN2O3/c1-22-16-13(17)7-12(8-14(16)20)10-18-19-15(21)9-11-5-3-2-4-6-11/h2-8,10,20H,9H2,1H3,(H,19,21)/b18-10-. The lowest BCUT2D eigenvalue weighted by atomic mass is 10.1. The smallest absolute Gasteiger partial charge is 0.244 e. The van der Waals surface area contributed by atoms with E-state index in [2.05, 4.69) is 33.1 Å². The molecule has 2 rings (SSSR count). The van der Waals surface area contributed by atoms with Crippen molar-refractivity contribution in [3.63, 3.8) is 0 Å². The molecular weight excluding hydrogens is 395 g/mol. The molecule has 5 nitrogen and oxygen atoms in total. The molecule has 0 radical (unpaired) electrons. The van der Waals surface area contributed by atoms with Crippen molar-refractivity contribution < 1.29 is 14.6 Å². The summed E-state index contributed by atoms with van der Waals surface area (Å²) in [5, 5.41) is 13.7. The van der Waals surface area contributed by atoms with Crippen LogP contribution in [0.2, 0.25) is 0 Å². The number of phenolic OH excluding ortho intramolecular Hbond substituents is 1. The van der Waals surface area contributed by atoms with Gasteiger partial charge in [0.05, 0.1) is 23.3 Å². The van der Waals surface area contributed by atoms with Crippen molar-refractivity contribution in [3.8, 4) is 11.5 Å². The lowest BCUT2D eigenvalue weighted by Crippen LogP contribution is -2.19. The number of benzene rings is 2. The molecule has 0 heterocycles. The van der Waals surface area contributed by atoms with Crippen LogP contribution in [-0.4, -0.2) is 24.3 Å². The van der Waals surface area contributed by atoms with E-state index in [-0.39, 0.29) is 18.1 Å². The number of methoxy groups -OCH3 is 1. The summed E-state index contributed by atoms with van der Waals surface area (Å²) in [7, 11) is 1.49. The van der Waals surface area contributed by atoms with E-state index in [0.29, 0.717) is 11.3 Å². The number of amides is 1. The highest BCUT2D eigenvalue weighted by atomic mass is 127. The molecular formula is C16H15IN2O3. The van der Waals surface area contributed by atoms with Crippen molar-refractivity contribution in [2.75, 3.05) is 7.11 Å². The summed E-state index contributed by atoms with van der Waals surface area (Å²) in [4.78, 5) is 11.7. The predicted molar refractivity (Wildman–Crippen MR) is 93.3 cm³/mol. The van der Waals surface area contributed by atoms with E-state index in [1.54, 1.807) is 6.07 Å². The van der Waals surface area contributed by atoms with Crippen LogP contribution in [-0.2, 0) is 11.2 Å². The van der Waals surface area contributed by atoms with Crippen LogP contribution in [0.5, 0.6) is 11.5 Å². The SMILES string of the molecule is COc1c(O)cc(/C=N\NC(=O)Cc2ccccc2)cc1I. The average Bonchev–Trinajstić information content (AvgIpc) is 2.48. The second-order valence-electron chi connectivity index (χ2n) is 4.51. The van der Waals surface area contributed by atoms with Gasteiger partial charge in [0.25, 0.3) is 0 Å². The molecule has 114 valence electrons. The third-order valence-corrected chi connectivity index (χ3v) is 3.66. The largest absolute Gasteiger partial charge is 0.504 e. The van der Waals surface area contributed by atoms with E-state index in [1.807, 2.05) is 30.3 Å². The van der Waals surface area contributed by atoms with Gasteiger partial charge in [-0.25, -0.2) is 5.43 Å². The minimum absolute atomic E-state index is 0.0338. The number of hydrogen-bond acceptors (Lipinski definition) is 4. The Balaban J connectivity index is 1.96. The van der Waals surface area contributed by atoms with Gasteiger partial charge in [-0.15, -0.1) is 0 Å². The Hall–Kier alpha value is -2.09. The molecule has 1 amide bonds. The highest BCUT2D eigenvalue weighted by Crippen LogP contribution is 2.31. The van der Waals surface area contributed by atoms with Crippen molar-refractivity contribution in [1.82, 2.24) is 5.43 Å². The quantitative estimate of drug-likeness (QED) is 0.453. The van der Waals surface area contributed by atoms with E-state index in [1.165, 1.54) is 19.4 Å². The lowest BCUT2D eigenvalue weighted by Gasteiger charge is -2.06. The molecule has 0 aliphatic rings. The molecule has 0 unspecified atom stereocenters. The summed E-state index contributed by atoms with van der Waals surface area (Å²) in [5.41, 5.74) is 4.05. The number of nitrogens with zero attached hydrogens (tertiary/aromatic N) is 1. The molecule has 6 heteroatoms. The Morgan fingerprint density at radius 2 is 2.09 bits per heavy atom. The van der Waals surface area contributed by atoms with Gasteiger partial charge >= 0.3 is 0 Å². The van der Waals surface area contributed by atoms with E-state index < -0.39 is 0 Å². The third kappa shape index (κ3) is 4.45. The van der Waals surface area contributed by atoms with Crippen LogP contribution in [0.4, 0.5) is 0 Å². The van der Waals surface area contributed by atoms with Crippen LogP contribution in [0.1, 0.15) is 11.1 Å². The fourth-order valence-electron chi connectivity index (χ4n) is 1.88. The Morgan fingerprint density at radius 1 is 1.36 bits per heavy atom. The van der Waals surface area contributed by atoms with Gasteiger partial charge in [-0.05, 0) is 45.9 Å². The minimum Gasteiger partial charge on any atom is -0.504 e. The maximum Gasteiger partial charge on any atom is 0.244 e. The zero-order valence-electron chi connectivity index (χ0n) is 11.9. The predicted octanol–water partition coefficient (Wildman–Crippen LogP) is 2.70. The van der Waals surface area contributed by atoms with Crippen LogP contribution in [0, 0.1) is 3.57 Å². The number of hydrazone groups is 1. The average molecular weight is 410 g/mol. The molecule has 22 heavy (non-hydrogen) atoms. The minimum atomic E-state index is -0.199. The number of phenols is 1. The van der Waals surface area contributed by atoms with Gasteiger partial charge in [0, 0.05) is 0 Å². The molecule has 0 atom stereocenters. The fourth-order valence-corrected chi connectivity index (χ4v) is 2.73. The lowest BCUT2D eigenvalue weighted by molar-refractivity contribution is -0.120. The second kappa shape index (κ2) is 7.79. The maximum absolute atomic E-state index is 11.7. The van der Waals surface area contributed by atoms with Gasteiger partial charge in [0.1, 0.15) is 0 Å². The van der Waals surface area contributed by atoms with E-state index in [9.17, 15) is 9.90 Å². The summed E-state index contributed by atoms with van der Waals surface area (Å²) in [5.74, 6) is 0.257. The van der Waals surface area contributed by atoms with Crippen LogP contribution < -0.4 is 10.2 Å². The van der Waals surface area contributed by atoms with Crippen molar-refractivity contribution in [2.24, 2.45) is 5.10 Å². The highest BCUT2D eigenvalue weighted by Gasteiger charge is 2.07. The van der Waals surface area contributed by atoms with Crippen LogP contribution in [0.3, 0.4) is 0 Å². The van der Waals surface area contributed by atoms with Gasteiger partial charge < -0.3 is 9.84 Å². The summed E-state index contributed by atoms with van der Waals surface area (Å²) >= 11 is 2.06. The second-order valence-corrected chi connectivity index (χ2v) is 5.67. The number of hydrogen-bond donors (Lipinski definition) is 2. The van der Waals surface area contributed by atoms with E-state index >= 15 is 0 Å². The zero-order valence-corrected chi connectivity index (χ0v) is 14.1. The third-order valence-electron chi connectivity index (χ3n) is 2.86. The maximum atomic E-state index is 11.7. The van der Waals surface area contributed by atoms with E-state index in [0.717, 1.165) is 9.13 Å². The molecule has 0 aliphatic carbocycles.